The largest absolute Gasteiger partial charge is 0.402 e. The second-order valence-corrected chi connectivity index (χ2v) is 5.04. The lowest BCUT2D eigenvalue weighted by atomic mass is 10.2. The normalized spacial score (nSPS) is 10.8. The van der Waals surface area contributed by atoms with Crippen LogP contribution in [0.1, 0.15) is 0 Å². The molecule has 0 spiro atoms. The minimum Gasteiger partial charge on any atom is -0.402 e. The Labute approximate surface area is 135 Å². The molecule has 2 aromatic carbocycles. The summed E-state index contributed by atoms with van der Waals surface area (Å²) in [7, 11) is 0. The van der Waals surface area contributed by atoms with Crippen LogP contribution in [0.15, 0.2) is 79.1 Å². The zero-order valence-electron chi connectivity index (χ0n) is 12.3. The summed E-state index contributed by atoms with van der Waals surface area (Å²) in [6, 6.07) is 17.7. The van der Waals surface area contributed by atoms with Crippen LogP contribution in [0.4, 0.5) is 0 Å². The number of hydrogen-bond acceptors (Lipinski definition) is 6. The molecular weight excluding hydrogens is 308 g/mol. The van der Waals surface area contributed by atoms with Crippen molar-refractivity contribution in [2.24, 2.45) is 0 Å². The van der Waals surface area contributed by atoms with Gasteiger partial charge in [-0.05, 0) is 24.3 Å². The zero-order chi connectivity index (χ0) is 16.5. The summed E-state index contributed by atoms with van der Waals surface area (Å²) in [5.74, 6) is 0.101. The van der Waals surface area contributed by atoms with Crippen molar-refractivity contribution in [3.05, 3.63) is 81.5 Å². The molecule has 4 aromatic rings. The Kier molecular flexibility index (Phi) is 3.28. The molecule has 0 radical (unpaired) electrons. The molecule has 0 unspecified atom stereocenters. The fourth-order valence-electron chi connectivity index (χ4n) is 2.32. The molecule has 0 amide bonds. The van der Waals surface area contributed by atoms with Crippen LogP contribution in [-0.2, 0) is 0 Å². The van der Waals surface area contributed by atoms with Crippen molar-refractivity contribution in [2.75, 3.05) is 0 Å². The van der Waals surface area contributed by atoms with E-state index in [0.717, 1.165) is 0 Å². The van der Waals surface area contributed by atoms with Crippen molar-refractivity contribution in [1.29, 1.82) is 0 Å². The van der Waals surface area contributed by atoms with Gasteiger partial charge in [-0.2, -0.15) is 0 Å². The highest BCUT2D eigenvalue weighted by atomic mass is 16.4. The molecule has 0 aliphatic heterocycles. The number of nitrogens with zero attached hydrogens (tertiary/aromatic N) is 2. The zero-order valence-corrected chi connectivity index (χ0v) is 12.3. The molecule has 0 saturated heterocycles. The minimum atomic E-state index is -0.732. The Hall–Kier alpha value is -3.54. The van der Waals surface area contributed by atoms with Crippen LogP contribution in [0.25, 0.3) is 33.9 Å². The van der Waals surface area contributed by atoms with E-state index in [1.807, 2.05) is 12.1 Å². The van der Waals surface area contributed by atoms with Gasteiger partial charge in [0.15, 0.2) is 11.0 Å². The van der Waals surface area contributed by atoms with Crippen LogP contribution in [0, 0.1) is 0 Å². The highest BCUT2D eigenvalue weighted by Crippen LogP contribution is 2.19. The first-order valence-electron chi connectivity index (χ1n) is 7.19. The van der Waals surface area contributed by atoms with Crippen molar-refractivity contribution in [3.8, 4) is 22.9 Å². The summed E-state index contributed by atoms with van der Waals surface area (Å²) < 4.78 is 10.4. The van der Waals surface area contributed by atoms with Gasteiger partial charge in [-0.1, -0.05) is 36.4 Å². The Morgan fingerprint density at radius 3 is 1.33 bits per heavy atom. The first kappa shape index (κ1) is 14.1. The van der Waals surface area contributed by atoms with Crippen LogP contribution < -0.4 is 11.3 Å². The highest BCUT2D eigenvalue weighted by Gasteiger charge is 2.16. The Balaban J connectivity index is 1.97. The number of benzene rings is 2. The average molecular weight is 318 g/mol. The SMILES string of the molecule is O=c1oc(-c2ccccc2)nc2c(=O)oc(-c3ccccc3)nc12. The quantitative estimate of drug-likeness (QED) is 0.565. The summed E-state index contributed by atoms with van der Waals surface area (Å²) in [5.41, 5.74) is -0.589. The van der Waals surface area contributed by atoms with E-state index in [1.54, 1.807) is 48.5 Å². The fourth-order valence-corrected chi connectivity index (χ4v) is 2.32. The van der Waals surface area contributed by atoms with E-state index in [2.05, 4.69) is 9.97 Å². The van der Waals surface area contributed by atoms with Crippen LogP contribution in [0.5, 0.6) is 0 Å². The molecule has 2 aromatic heterocycles. The molecule has 24 heavy (non-hydrogen) atoms. The van der Waals surface area contributed by atoms with E-state index in [4.69, 9.17) is 8.83 Å². The fraction of sp³-hybridized carbons (Fsp3) is 0. The van der Waals surface area contributed by atoms with Crippen molar-refractivity contribution in [1.82, 2.24) is 9.97 Å². The molecule has 0 fully saturated rings. The third-order valence-electron chi connectivity index (χ3n) is 3.46. The first-order valence-corrected chi connectivity index (χ1v) is 7.19. The van der Waals surface area contributed by atoms with E-state index < -0.39 is 11.3 Å². The van der Waals surface area contributed by atoms with Crippen molar-refractivity contribution < 1.29 is 8.83 Å². The standard InChI is InChI=1S/C18H10N2O4/c21-17-14-13(19-15(23-17)11-7-3-1-4-8-11)18(22)24-16(20-14)12-9-5-2-6-10-12/h1-10H. The molecule has 0 N–H and O–H groups in total. The number of fused-ring (bicyclic) bond motifs is 1. The molecule has 0 bridgehead atoms. The maximum Gasteiger partial charge on any atom is 0.366 e. The Bertz CT molecular complexity index is 1040. The van der Waals surface area contributed by atoms with Gasteiger partial charge in [0.05, 0.1) is 0 Å². The predicted octanol–water partition coefficient (Wildman–Crippen LogP) is 2.87. The number of aromatic nitrogens is 2. The van der Waals surface area contributed by atoms with E-state index in [-0.39, 0.29) is 22.8 Å². The van der Waals surface area contributed by atoms with Gasteiger partial charge in [-0.3, -0.25) is 0 Å². The monoisotopic (exact) mass is 318 g/mol. The van der Waals surface area contributed by atoms with Crippen LogP contribution in [-0.4, -0.2) is 9.97 Å². The van der Waals surface area contributed by atoms with Gasteiger partial charge in [0.2, 0.25) is 11.8 Å². The Morgan fingerprint density at radius 1 is 0.583 bits per heavy atom. The molecule has 6 heteroatoms. The summed E-state index contributed by atoms with van der Waals surface area (Å²) >= 11 is 0. The van der Waals surface area contributed by atoms with Crippen molar-refractivity contribution >= 4 is 11.0 Å². The molecule has 4 rings (SSSR count). The van der Waals surface area contributed by atoms with Gasteiger partial charge in [0, 0.05) is 11.1 Å². The molecule has 0 aliphatic carbocycles. The van der Waals surface area contributed by atoms with Gasteiger partial charge in [0.25, 0.3) is 0 Å². The number of hydrogen-bond donors (Lipinski definition) is 0. The topological polar surface area (TPSA) is 86.2 Å². The first-order chi connectivity index (χ1) is 11.7. The lowest BCUT2D eigenvalue weighted by Gasteiger charge is -2.02. The second-order valence-electron chi connectivity index (χ2n) is 5.04. The van der Waals surface area contributed by atoms with E-state index >= 15 is 0 Å². The number of rotatable bonds is 2. The molecule has 0 atom stereocenters. The molecule has 6 nitrogen and oxygen atoms in total. The molecule has 116 valence electrons. The van der Waals surface area contributed by atoms with Crippen molar-refractivity contribution in [2.45, 2.75) is 0 Å². The second kappa shape index (κ2) is 5.58. The van der Waals surface area contributed by atoms with Gasteiger partial charge in [-0.15, -0.1) is 0 Å². The van der Waals surface area contributed by atoms with E-state index in [9.17, 15) is 9.59 Å². The van der Waals surface area contributed by atoms with Gasteiger partial charge < -0.3 is 8.83 Å². The molecule has 0 saturated carbocycles. The van der Waals surface area contributed by atoms with Gasteiger partial charge in [-0.25, -0.2) is 19.6 Å². The van der Waals surface area contributed by atoms with E-state index in [0.29, 0.717) is 11.1 Å². The highest BCUT2D eigenvalue weighted by molar-refractivity contribution is 5.74. The van der Waals surface area contributed by atoms with Crippen LogP contribution in [0.3, 0.4) is 0 Å². The Morgan fingerprint density at radius 2 is 0.958 bits per heavy atom. The maximum atomic E-state index is 12.3. The summed E-state index contributed by atoms with van der Waals surface area (Å²) in [6.45, 7) is 0. The maximum absolute atomic E-state index is 12.3. The lowest BCUT2D eigenvalue weighted by molar-refractivity contribution is 0.494. The third kappa shape index (κ3) is 2.40. The molecular formula is C18H10N2O4. The van der Waals surface area contributed by atoms with Crippen LogP contribution >= 0.6 is 0 Å². The minimum absolute atomic E-state index is 0.0506. The smallest absolute Gasteiger partial charge is 0.366 e. The summed E-state index contributed by atoms with van der Waals surface area (Å²) in [6.07, 6.45) is 0. The average Bonchev–Trinajstić information content (AvgIpc) is 2.63. The predicted molar refractivity (Wildman–Crippen MR) is 87.5 cm³/mol. The van der Waals surface area contributed by atoms with Gasteiger partial charge >= 0.3 is 11.3 Å². The third-order valence-corrected chi connectivity index (χ3v) is 3.46. The lowest BCUT2D eigenvalue weighted by Crippen LogP contribution is -2.13. The van der Waals surface area contributed by atoms with Crippen LogP contribution in [0.2, 0.25) is 0 Å². The summed E-state index contributed by atoms with van der Waals surface area (Å²) in [4.78, 5) is 32.7. The molecule has 0 aliphatic rings. The van der Waals surface area contributed by atoms with E-state index in [1.165, 1.54) is 0 Å². The summed E-state index contributed by atoms with van der Waals surface area (Å²) in [5, 5.41) is 0. The molecule has 2 heterocycles. The van der Waals surface area contributed by atoms with Crippen molar-refractivity contribution in [3.63, 3.8) is 0 Å². The van der Waals surface area contributed by atoms with Gasteiger partial charge in [0.1, 0.15) is 0 Å².